The lowest BCUT2D eigenvalue weighted by atomic mass is 9.98. The van der Waals surface area contributed by atoms with Crippen molar-refractivity contribution < 1.29 is 19.5 Å². The first kappa shape index (κ1) is 24.9. The topological polar surface area (TPSA) is 118 Å². The maximum Gasteiger partial charge on any atom is 0.337 e. The van der Waals surface area contributed by atoms with Gasteiger partial charge in [-0.25, -0.2) is 4.79 Å². The van der Waals surface area contributed by atoms with Crippen LogP contribution >= 0.6 is 0 Å². The molecule has 1 aliphatic heterocycles. The number of carboxylic acids is 1. The molecular weight excluding hydrogens is 456 g/mol. The summed E-state index contributed by atoms with van der Waals surface area (Å²) >= 11 is 0. The van der Waals surface area contributed by atoms with Crippen molar-refractivity contribution in [2.45, 2.75) is 33.9 Å². The number of carbonyl (C=O) groups is 3. The average molecular weight is 487 g/mol. The fraction of sp³-hybridized carbons (Fsp3) is 0.250. The number of aromatic nitrogens is 1. The van der Waals surface area contributed by atoms with Gasteiger partial charge in [0, 0.05) is 22.6 Å². The number of nitrogens with two attached hydrogens (primary N) is 1. The molecule has 4 N–H and O–H groups in total. The molecule has 0 saturated heterocycles. The first-order valence-electron chi connectivity index (χ1n) is 11.9. The fourth-order valence-electron chi connectivity index (χ4n) is 5.01. The monoisotopic (exact) mass is 486 g/mol. The smallest absolute Gasteiger partial charge is 0.337 e. The normalized spacial score (nSPS) is 14.7. The zero-order chi connectivity index (χ0) is 26.1. The number of anilines is 1. The summed E-state index contributed by atoms with van der Waals surface area (Å²) in [5.74, 6) is -2.00. The highest BCUT2D eigenvalue weighted by Gasteiger charge is 2.33. The number of hydrogen-bond acceptors (Lipinski definition) is 4. The average Bonchev–Trinajstić information content (AvgIpc) is 3.29. The largest absolute Gasteiger partial charge is 0.478 e. The predicted octanol–water partition coefficient (Wildman–Crippen LogP) is 4.29. The van der Waals surface area contributed by atoms with Gasteiger partial charge in [0.2, 0.25) is 0 Å². The number of fused-ring (bicyclic) bond motifs is 1. The molecule has 0 radical (unpaired) electrons. The molecule has 0 aliphatic carbocycles. The molecular formula is C28H30N4O4. The van der Waals surface area contributed by atoms with Crippen molar-refractivity contribution in [2.75, 3.05) is 18.4 Å². The highest BCUT2D eigenvalue weighted by atomic mass is 16.4. The number of nitrogens with zero attached hydrogens (tertiary/aromatic N) is 2. The van der Waals surface area contributed by atoms with E-state index < -0.39 is 18.0 Å². The molecule has 186 valence electrons. The van der Waals surface area contributed by atoms with Gasteiger partial charge in [0.05, 0.1) is 11.1 Å². The van der Waals surface area contributed by atoms with Crippen LogP contribution in [0.2, 0.25) is 0 Å². The zero-order valence-corrected chi connectivity index (χ0v) is 20.8. The summed E-state index contributed by atoms with van der Waals surface area (Å²) < 4.78 is 1.65. The molecule has 1 unspecified atom stereocenters. The fourth-order valence-corrected chi connectivity index (χ4v) is 5.01. The standard InChI is InChI=1S/C28H30N4O4/c1-5-31(6-2)27(25(29)33)32-17(4)24(28(35)36)16(3)23(32)15-21-20-14-19(18-10-8-7-9-11-18)12-13-22(20)30-26(21)34/h7-15,27H,5-6H2,1-4H3,(H2,29,33)(H,30,34)(H,35,36). The van der Waals surface area contributed by atoms with E-state index in [0.29, 0.717) is 46.9 Å². The van der Waals surface area contributed by atoms with E-state index in [4.69, 9.17) is 5.73 Å². The lowest BCUT2D eigenvalue weighted by molar-refractivity contribution is -0.126. The van der Waals surface area contributed by atoms with Crippen LogP contribution in [0, 0.1) is 13.8 Å². The number of likely N-dealkylation sites (N-methyl/N-ethyl adjacent to an activating group) is 1. The van der Waals surface area contributed by atoms with E-state index in [1.165, 1.54) is 0 Å². The van der Waals surface area contributed by atoms with Crippen LogP contribution in [0.3, 0.4) is 0 Å². The molecule has 1 aliphatic rings. The van der Waals surface area contributed by atoms with Crippen molar-refractivity contribution >= 4 is 35.1 Å². The molecule has 2 amide bonds. The molecule has 36 heavy (non-hydrogen) atoms. The molecule has 1 atom stereocenters. The van der Waals surface area contributed by atoms with E-state index >= 15 is 0 Å². The molecule has 0 spiro atoms. The number of aromatic carboxylic acids is 1. The van der Waals surface area contributed by atoms with Crippen LogP contribution in [-0.2, 0) is 9.59 Å². The third-order valence-corrected chi connectivity index (χ3v) is 6.80. The first-order valence-corrected chi connectivity index (χ1v) is 11.9. The first-order chi connectivity index (χ1) is 17.2. The number of primary amides is 1. The van der Waals surface area contributed by atoms with Crippen molar-refractivity contribution in [2.24, 2.45) is 5.73 Å². The summed E-state index contributed by atoms with van der Waals surface area (Å²) in [7, 11) is 0. The van der Waals surface area contributed by atoms with E-state index in [2.05, 4.69) is 5.32 Å². The maximum atomic E-state index is 13.1. The van der Waals surface area contributed by atoms with Gasteiger partial charge in [0.25, 0.3) is 11.8 Å². The van der Waals surface area contributed by atoms with Gasteiger partial charge in [-0.05, 0) is 61.8 Å². The summed E-state index contributed by atoms with van der Waals surface area (Å²) in [6, 6.07) is 15.6. The summed E-state index contributed by atoms with van der Waals surface area (Å²) in [5, 5.41) is 12.8. The maximum absolute atomic E-state index is 13.1. The minimum absolute atomic E-state index is 0.0944. The Morgan fingerprint density at radius 1 is 1.08 bits per heavy atom. The van der Waals surface area contributed by atoms with Crippen LogP contribution in [0.25, 0.3) is 22.8 Å². The second-order valence-electron chi connectivity index (χ2n) is 8.78. The molecule has 8 nitrogen and oxygen atoms in total. The number of benzene rings is 2. The van der Waals surface area contributed by atoms with Crippen LogP contribution in [0.15, 0.2) is 48.5 Å². The molecule has 4 rings (SSSR count). The van der Waals surface area contributed by atoms with Crippen molar-refractivity contribution in [1.82, 2.24) is 9.47 Å². The second-order valence-corrected chi connectivity index (χ2v) is 8.78. The van der Waals surface area contributed by atoms with Crippen LogP contribution in [-0.4, -0.2) is 45.4 Å². The van der Waals surface area contributed by atoms with E-state index in [1.54, 1.807) is 24.5 Å². The van der Waals surface area contributed by atoms with E-state index in [9.17, 15) is 19.5 Å². The Kier molecular flexibility index (Phi) is 6.81. The Balaban J connectivity index is 1.96. The SMILES string of the molecule is CCN(CC)C(C(N)=O)n1c(C)c(C(=O)O)c(C)c1C=C1C(=O)Nc2ccc(-c3ccccc3)cc21. The van der Waals surface area contributed by atoms with Gasteiger partial charge in [-0.3, -0.25) is 14.5 Å². The molecule has 3 aromatic rings. The van der Waals surface area contributed by atoms with Gasteiger partial charge >= 0.3 is 5.97 Å². The number of nitrogens with one attached hydrogen (secondary N) is 1. The van der Waals surface area contributed by atoms with Gasteiger partial charge in [-0.1, -0.05) is 50.2 Å². The summed E-state index contributed by atoms with van der Waals surface area (Å²) in [5.41, 5.74) is 11.0. The van der Waals surface area contributed by atoms with Crippen LogP contribution in [0.1, 0.15) is 52.9 Å². The van der Waals surface area contributed by atoms with Crippen LogP contribution < -0.4 is 11.1 Å². The molecule has 0 fully saturated rings. The quantitative estimate of drug-likeness (QED) is 0.411. The van der Waals surface area contributed by atoms with Gasteiger partial charge in [0.15, 0.2) is 6.17 Å². The third kappa shape index (κ3) is 4.20. The van der Waals surface area contributed by atoms with Crippen molar-refractivity contribution in [1.29, 1.82) is 0 Å². The summed E-state index contributed by atoms with van der Waals surface area (Å²) in [6.07, 6.45) is 0.766. The molecule has 0 bridgehead atoms. The van der Waals surface area contributed by atoms with E-state index in [1.807, 2.05) is 67.3 Å². The van der Waals surface area contributed by atoms with Crippen molar-refractivity contribution in [3.8, 4) is 11.1 Å². The van der Waals surface area contributed by atoms with Gasteiger partial charge in [-0.2, -0.15) is 0 Å². The zero-order valence-electron chi connectivity index (χ0n) is 20.8. The van der Waals surface area contributed by atoms with E-state index in [-0.39, 0.29) is 11.5 Å². The lowest BCUT2D eigenvalue weighted by Crippen LogP contribution is -2.42. The van der Waals surface area contributed by atoms with Crippen LogP contribution in [0.4, 0.5) is 5.69 Å². The second kappa shape index (κ2) is 9.83. The number of amides is 2. The molecule has 2 heterocycles. The Hall–Kier alpha value is -4.17. The van der Waals surface area contributed by atoms with Crippen LogP contribution in [0.5, 0.6) is 0 Å². The number of carbonyl (C=O) groups excluding carboxylic acids is 2. The van der Waals surface area contributed by atoms with Gasteiger partial charge in [-0.15, -0.1) is 0 Å². The summed E-state index contributed by atoms with van der Waals surface area (Å²) in [4.78, 5) is 39.8. The van der Waals surface area contributed by atoms with E-state index in [0.717, 1.165) is 11.1 Å². The number of carboxylic acid groups (broad SMARTS) is 1. The Morgan fingerprint density at radius 2 is 1.75 bits per heavy atom. The Labute approximate surface area is 210 Å². The summed E-state index contributed by atoms with van der Waals surface area (Å²) in [6.45, 7) is 8.23. The Morgan fingerprint density at radius 3 is 2.33 bits per heavy atom. The number of rotatable bonds is 8. The van der Waals surface area contributed by atoms with Gasteiger partial charge in [0.1, 0.15) is 0 Å². The highest BCUT2D eigenvalue weighted by molar-refractivity contribution is 6.35. The molecule has 1 aromatic heterocycles. The van der Waals surface area contributed by atoms with Crippen molar-refractivity contribution in [3.63, 3.8) is 0 Å². The molecule has 8 heteroatoms. The van der Waals surface area contributed by atoms with Crippen molar-refractivity contribution in [3.05, 3.63) is 76.6 Å². The third-order valence-electron chi connectivity index (χ3n) is 6.80. The Bertz CT molecular complexity index is 1380. The minimum Gasteiger partial charge on any atom is -0.478 e. The molecule has 0 saturated carbocycles. The predicted molar refractivity (Wildman–Crippen MR) is 140 cm³/mol. The minimum atomic E-state index is -1.10. The van der Waals surface area contributed by atoms with Gasteiger partial charge < -0.3 is 20.7 Å². The highest BCUT2D eigenvalue weighted by Crippen LogP contribution is 2.38. The number of hydrogen-bond donors (Lipinski definition) is 3. The molecule has 2 aromatic carbocycles. The lowest BCUT2D eigenvalue weighted by Gasteiger charge is -2.30.